The summed E-state index contributed by atoms with van der Waals surface area (Å²) in [6.45, 7) is 4.74. The summed E-state index contributed by atoms with van der Waals surface area (Å²) >= 11 is 1.97. The molecule has 1 aromatic carbocycles. The smallest absolute Gasteiger partial charge is 0.263 e. The molecule has 0 amide bonds. The van der Waals surface area contributed by atoms with Crippen molar-refractivity contribution in [2.45, 2.75) is 24.6 Å². The molecule has 1 saturated heterocycles. The van der Waals surface area contributed by atoms with Gasteiger partial charge in [0, 0.05) is 42.2 Å². The summed E-state index contributed by atoms with van der Waals surface area (Å²) in [4.78, 5) is 2.36. The molecule has 106 valence electrons. The first-order valence-corrected chi connectivity index (χ1v) is 7.60. The Morgan fingerprint density at radius 1 is 1.32 bits per heavy atom. The topological polar surface area (TPSA) is 29.3 Å². The number of nitrogens with zero attached hydrogens (tertiary/aromatic N) is 1. The molecule has 1 aliphatic rings. The van der Waals surface area contributed by atoms with Crippen LogP contribution in [0.2, 0.25) is 0 Å². The van der Waals surface area contributed by atoms with E-state index in [0.717, 1.165) is 24.4 Å². The average molecular weight is 286 g/mol. The van der Waals surface area contributed by atoms with Crippen molar-refractivity contribution < 1.29 is 8.78 Å². The van der Waals surface area contributed by atoms with Gasteiger partial charge in [0.2, 0.25) is 0 Å². The predicted octanol–water partition coefficient (Wildman–Crippen LogP) is 3.06. The molecule has 0 bridgehead atoms. The lowest BCUT2D eigenvalue weighted by molar-refractivity contribution is 0.151. The molecule has 1 aliphatic heterocycles. The Bertz CT molecular complexity index is 397. The Balaban J connectivity index is 2.12. The summed E-state index contributed by atoms with van der Waals surface area (Å²) in [5.41, 5.74) is 6.99. The maximum absolute atomic E-state index is 12.5. The van der Waals surface area contributed by atoms with Gasteiger partial charge in [-0.25, -0.2) is 8.78 Å². The van der Waals surface area contributed by atoms with Crippen LogP contribution in [0.15, 0.2) is 24.3 Å². The van der Waals surface area contributed by atoms with E-state index in [2.05, 4.69) is 11.8 Å². The predicted molar refractivity (Wildman–Crippen MR) is 76.7 cm³/mol. The van der Waals surface area contributed by atoms with Crippen molar-refractivity contribution in [2.75, 3.05) is 25.4 Å². The monoisotopic (exact) mass is 286 g/mol. The summed E-state index contributed by atoms with van der Waals surface area (Å²) in [5.74, 6) is 1.10. The van der Waals surface area contributed by atoms with E-state index in [1.54, 1.807) is 12.1 Å². The Morgan fingerprint density at radius 2 is 1.95 bits per heavy atom. The highest BCUT2D eigenvalue weighted by Gasteiger charge is 2.24. The average Bonchev–Trinajstić information content (AvgIpc) is 2.40. The molecule has 1 heterocycles. The van der Waals surface area contributed by atoms with Crippen LogP contribution in [0.25, 0.3) is 0 Å². The quantitative estimate of drug-likeness (QED) is 0.922. The van der Waals surface area contributed by atoms with Crippen LogP contribution in [-0.2, 0) is 0 Å². The van der Waals surface area contributed by atoms with Gasteiger partial charge in [-0.1, -0.05) is 31.2 Å². The third kappa shape index (κ3) is 3.68. The van der Waals surface area contributed by atoms with Gasteiger partial charge in [-0.05, 0) is 5.56 Å². The lowest BCUT2D eigenvalue weighted by Crippen LogP contribution is -2.42. The number of halogens is 2. The van der Waals surface area contributed by atoms with Crippen molar-refractivity contribution in [3.8, 4) is 0 Å². The SMILES string of the molecule is CC1CN(C(CN)c2ccc(C(F)F)cc2)CCS1. The van der Waals surface area contributed by atoms with Crippen molar-refractivity contribution in [3.05, 3.63) is 35.4 Å². The molecule has 2 atom stereocenters. The molecule has 0 saturated carbocycles. The van der Waals surface area contributed by atoms with E-state index in [-0.39, 0.29) is 11.6 Å². The maximum Gasteiger partial charge on any atom is 0.263 e. The summed E-state index contributed by atoms with van der Waals surface area (Å²) in [6.07, 6.45) is -2.41. The molecular weight excluding hydrogens is 266 g/mol. The van der Waals surface area contributed by atoms with E-state index in [1.165, 1.54) is 12.1 Å². The Morgan fingerprint density at radius 3 is 2.47 bits per heavy atom. The van der Waals surface area contributed by atoms with E-state index in [0.29, 0.717) is 11.8 Å². The van der Waals surface area contributed by atoms with Gasteiger partial charge in [-0.2, -0.15) is 11.8 Å². The molecule has 2 unspecified atom stereocenters. The van der Waals surface area contributed by atoms with Gasteiger partial charge >= 0.3 is 0 Å². The molecule has 2 rings (SSSR count). The van der Waals surface area contributed by atoms with E-state index >= 15 is 0 Å². The highest BCUT2D eigenvalue weighted by Crippen LogP contribution is 2.28. The Hall–Kier alpha value is -0.650. The Kier molecular flexibility index (Phi) is 5.19. The minimum absolute atomic E-state index is 0.0714. The highest BCUT2D eigenvalue weighted by molar-refractivity contribution is 7.99. The lowest BCUT2D eigenvalue weighted by Gasteiger charge is -2.36. The first kappa shape index (κ1) is 14.8. The molecule has 0 aliphatic carbocycles. The number of rotatable bonds is 4. The van der Waals surface area contributed by atoms with Crippen LogP contribution < -0.4 is 5.73 Å². The standard InChI is InChI=1S/C14H20F2N2S/c1-10-9-18(6-7-19-10)13(8-17)11-2-4-12(5-3-11)14(15)16/h2-5,10,13-14H,6-9,17H2,1H3. The number of hydrogen-bond acceptors (Lipinski definition) is 3. The zero-order valence-corrected chi connectivity index (χ0v) is 11.9. The van der Waals surface area contributed by atoms with Crippen LogP contribution in [0.5, 0.6) is 0 Å². The van der Waals surface area contributed by atoms with Crippen LogP contribution >= 0.6 is 11.8 Å². The van der Waals surface area contributed by atoms with Gasteiger partial charge in [-0.15, -0.1) is 0 Å². The molecular formula is C14H20F2N2S. The van der Waals surface area contributed by atoms with Crippen molar-refractivity contribution in [1.82, 2.24) is 4.90 Å². The van der Waals surface area contributed by atoms with Crippen LogP contribution in [0.3, 0.4) is 0 Å². The normalized spacial score (nSPS) is 22.7. The van der Waals surface area contributed by atoms with Gasteiger partial charge in [0.05, 0.1) is 0 Å². The van der Waals surface area contributed by atoms with Crippen LogP contribution in [-0.4, -0.2) is 35.5 Å². The zero-order chi connectivity index (χ0) is 13.8. The lowest BCUT2D eigenvalue weighted by atomic mass is 10.0. The van der Waals surface area contributed by atoms with Gasteiger partial charge in [0.15, 0.2) is 0 Å². The number of benzene rings is 1. The third-order valence-corrected chi connectivity index (χ3v) is 4.65. The molecule has 0 spiro atoms. The van der Waals surface area contributed by atoms with E-state index in [1.807, 2.05) is 11.8 Å². The molecule has 5 heteroatoms. The maximum atomic E-state index is 12.5. The van der Waals surface area contributed by atoms with Crippen LogP contribution in [0, 0.1) is 0 Å². The fourth-order valence-corrected chi connectivity index (χ4v) is 3.53. The van der Waals surface area contributed by atoms with Crippen LogP contribution in [0.4, 0.5) is 8.78 Å². The van der Waals surface area contributed by atoms with Gasteiger partial charge < -0.3 is 5.73 Å². The van der Waals surface area contributed by atoms with Crippen molar-refractivity contribution >= 4 is 11.8 Å². The van der Waals surface area contributed by atoms with Gasteiger partial charge in [0.25, 0.3) is 6.43 Å². The number of alkyl halides is 2. The Labute approximate surface area is 117 Å². The third-order valence-electron chi connectivity index (χ3n) is 3.51. The first-order valence-electron chi connectivity index (χ1n) is 6.55. The number of thioether (sulfide) groups is 1. The van der Waals surface area contributed by atoms with Crippen molar-refractivity contribution in [3.63, 3.8) is 0 Å². The zero-order valence-electron chi connectivity index (χ0n) is 11.1. The van der Waals surface area contributed by atoms with Gasteiger partial charge in [-0.3, -0.25) is 4.90 Å². The second-order valence-corrected chi connectivity index (χ2v) is 6.44. The molecule has 2 nitrogen and oxygen atoms in total. The molecule has 0 radical (unpaired) electrons. The summed E-state index contributed by atoms with van der Waals surface area (Å²) < 4.78 is 25.1. The molecule has 19 heavy (non-hydrogen) atoms. The van der Waals surface area contributed by atoms with Crippen molar-refractivity contribution in [2.24, 2.45) is 5.73 Å². The van der Waals surface area contributed by atoms with Gasteiger partial charge in [0.1, 0.15) is 0 Å². The van der Waals surface area contributed by atoms with E-state index < -0.39 is 6.43 Å². The number of nitrogens with two attached hydrogens (primary N) is 1. The first-order chi connectivity index (χ1) is 9.11. The highest BCUT2D eigenvalue weighted by atomic mass is 32.2. The molecule has 0 aromatic heterocycles. The fourth-order valence-electron chi connectivity index (χ4n) is 2.49. The number of hydrogen-bond donors (Lipinski definition) is 1. The summed E-state index contributed by atoms with van der Waals surface area (Å²) in [7, 11) is 0. The largest absolute Gasteiger partial charge is 0.329 e. The molecule has 1 aromatic rings. The summed E-state index contributed by atoms with van der Waals surface area (Å²) in [6, 6.07) is 6.71. The second kappa shape index (κ2) is 6.68. The minimum atomic E-state index is -2.41. The van der Waals surface area contributed by atoms with E-state index in [4.69, 9.17) is 5.73 Å². The second-order valence-electron chi connectivity index (χ2n) is 4.90. The minimum Gasteiger partial charge on any atom is -0.329 e. The summed E-state index contributed by atoms with van der Waals surface area (Å²) in [5, 5.41) is 0.600. The van der Waals surface area contributed by atoms with Crippen molar-refractivity contribution in [1.29, 1.82) is 0 Å². The fraction of sp³-hybridized carbons (Fsp3) is 0.571. The molecule has 1 fully saturated rings. The van der Waals surface area contributed by atoms with Crippen LogP contribution in [0.1, 0.15) is 30.5 Å². The molecule has 2 N–H and O–H groups in total. The van der Waals surface area contributed by atoms with E-state index in [9.17, 15) is 8.78 Å².